The maximum absolute atomic E-state index is 6.12. The van der Waals surface area contributed by atoms with Crippen LogP contribution in [-0.2, 0) is 4.74 Å². The Balaban J connectivity index is 2.30. The molecule has 1 unspecified atom stereocenters. The molecule has 0 fully saturated rings. The summed E-state index contributed by atoms with van der Waals surface area (Å²) < 4.78 is 8.46. The fraction of sp³-hybridized carbons (Fsp3) is 0.333. The van der Waals surface area contributed by atoms with Crippen molar-refractivity contribution >= 4 is 21.8 Å². The van der Waals surface area contributed by atoms with E-state index in [1.807, 2.05) is 0 Å². The van der Waals surface area contributed by atoms with Gasteiger partial charge in [0.2, 0.25) is 0 Å². The number of para-hydroxylation sites is 2. The molecule has 0 aliphatic carbocycles. The Morgan fingerprint density at radius 3 is 1.85 bits per heavy atom. The Morgan fingerprint density at radius 1 is 0.900 bits per heavy atom. The molecule has 1 heterocycles. The molecule has 1 atom stereocenters. The van der Waals surface area contributed by atoms with E-state index in [-0.39, 0.29) is 12.3 Å². The molecule has 0 aliphatic heterocycles. The van der Waals surface area contributed by atoms with E-state index in [1.165, 1.54) is 21.8 Å². The molecular weight excluding hydrogens is 246 g/mol. The first-order chi connectivity index (χ1) is 9.72. The Bertz CT molecular complexity index is 673. The number of nitrogens with zero attached hydrogens (tertiary/aromatic N) is 1. The molecule has 20 heavy (non-hydrogen) atoms. The SMILES string of the molecule is CCC(OC(C)C)n1c2ccccc2c2ccccc21. The number of benzene rings is 2. The van der Waals surface area contributed by atoms with Gasteiger partial charge in [-0.3, -0.25) is 0 Å². The van der Waals surface area contributed by atoms with Gasteiger partial charge in [-0.2, -0.15) is 0 Å². The lowest BCUT2D eigenvalue weighted by atomic mass is 10.2. The smallest absolute Gasteiger partial charge is 0.134 e. The van der Waals surface area contributed by atoms with Crippen molar-refractivity contribution in [2.75, 3.05) is 0 Å². The first kappa shape index (κ1) is 13.2. The molecule has 0 saturated heterocycles. The van der Waals surface area contributed by atoms with E-state index in [0.717, 1.165) is 6.42 Å². The van der Waals surface area contributed by atoms with Gasteiger partial charge in [-0.15, -0.1) is 0 Å². The van der Waals surface area contributed by atoms with Crippen LogP contribution in [0.3, 0.4) is 0 Å². The van der Waals surface area contributed by atoms with Gasteiger partial charge in [-0.05, 0) is 32.4 Å². The zero-order valence-electron chi connectivity index (χ0n) is 12.3. The van der Waals surface area contributed by atoms with Crippen LogP contribution in [-0.4, -0.2) is 10.7 Å². The van der Waals surface area contributed by atoms with Crippen LogP contribution in [0, 0.1) is 0 Å². The van der Waals surface area contributed by atoms with Crippen molar-refractivity contribution < 1.29 is 4.74 Å². The van der Waals surface area contributed by atoms with Crippen molar-refractivity contribution in [3.63, 3.8) is 0 Å². The summed E-state index contributed by atoms with van der Waals surface area (Å²) in [6.07, 6.45) is 1.26. The van der Waals surface area contributed by atoms with E-state index in [2.05, 4.69) is 73.9 Å². The first-order valence-electron chi connectivity index (χ1n) is 7.35. The maximum Gasteiger partial charge on any atom is 0.134 e. The molecule has 104 valence electrons. The van der Waals surface area contributed by atoms with Gasteiger partial charge < -0.3 is 9.30 Å². The number of ether oxygens (including phenoxy) is 1. The lowest BCUT2D eigenvalue weighted by Crippen LogP contribution is -2.16. The summed E-state index contributed by atoms with van der Waals surface area (Å²) in [6.45, 7) is 6.36. The second-order valence-corrected chi connectivity index (χ2v) is 5.45. The molecule has 3 aromatic rings. The summed E-state index contributed by atoms with van der Waals surface area (Å²) in [7, 11) is 0. The lowest BCUT2D eigenvalue weighted by Gasteiger charge is -2.22. The predicted molar refractivity (Wildman–Crippen MR) is 85.0 cm³/mol. The Kier molecular flexibility index (Phi) is 3.49. The molecule has 0 N–H and O–H groups in total. The summed E-state index contributed by atoms with van der Waals surface area (Å²) in [5.41, 5.74) is 2.50. The molecule has 2 aromatic carbocycles. The highest BCUT2D eigenvalue weighted by atomic mass is 16.5. The van der Waals surface area contributed by atoms with E-state index in [9.17, 15) is 0 Å². The molecular formula is C18H21NO. The Labute approximate surface area is 120 Å². The molecule has 0 saturated carbocycles. The van der Waals surface area contributed by atoms with Gasteiger partial charge in [-0.1, -0.05) is 43.3 Å². The van der Waals surface area contributed by atoms with Gasteiger partial charge in [0.25, 0.3) is 0 Å². The first-order valence-corrected chi connectivity index (χ1v) is 7.35. The zero-order valence-corrected chi connectivity index (χ0v) is 12.3. The summed E-state index contributed by atoms with van der Waals surface area (Å²) in [6, 6.07) is 17.1. The van der Waals surface area contributed by atoms with E-state index >= 15 is 0 Å². The molecule has 1 aromatic heterocycles. The molecule has 0 spiro atoms. The fourth-order valence-electron chi connectivity index (χ4n) is 2.92. The molecule has 0 radical (unpaired) electrons. The van der Waals surface area contributed by atoms with Gasteiger partial charge in [-0.25, -0.2) is 0 Å². The van der Waals surface area contributed by atoms with E-state index < -0.39 is 0 Å². The second-order valence-electron chi connectivity index (χ2n) is 5.45. The number of aromatic nitrogens is 1. The van der Waals surface area contributed by atoms with Crippen LogP contribution in [0.25, 0.3) is 21.8 Å². The van der Waals surface area contributed by atoms with Gasteiger partial charge in [0.1, 0.15) is 6.23 Å². The van der Waals surface area contributed by atoms with Crippen LogP contribution >= 0.6 is 0 Å². The average molecular weight is 267 g/mol. The van der Waals surface area contributed by atoms with Crippen molar-refractivity contribution in [3.8, 4) is 0 Å². The summed E-state index contributed by atoms with van der Waals surface area (Å²) >= 11 is 0. The van der Waals surface area contributed by atoms with Crippen molar-refractivity contribution in [1.82, 2.24) is 4.57 Å². The van der Waals surface area contributed by atoms with E-state index in [1.54, 1.807) is 0 Å². The highest BCUT2D eigenvalue weighted by molar-refractivity contribution is 6.08. The van der Waals surface area contributed by atoms with Crippen LogP contribution in [0.5, 0.6) is 0 Å². The summed E-state index contributed by atoms with van der Waals surface area (Å²) in [5.74, 6) is 0. The standard InChI is InChI=1S/C18H21NO/c1-4-18(20-13(2)3)19-16-11-7-5-9-14(16)15-10-6-8-12-17(15)19/h5-13,18H,4H2,1-3H3. The molecule has 2 nitrogen and oxygen atoms in total. The zero-order chi connectivity index (χ0) is 14.1. The van der Waals surface area contributed by atoms with Crippen molar-refractivity contribution in [2.24, 2.45) is 0 Å². The minimum Gasteiger partial charge on any atom is -0.355 e. The monoisotopic (exact) mass is 267 g/mol. The molecule has 0 aliphatic rings. The van der Waals surface area contributed by atoms with Gasteiger partial charge in [0.05, 0.1) is 17.1 Å². The van der Waals surface area contributed by atoms with Crippen molar-refractivity contribution in [1.29, 1.82) is 0 Å². The number of hydrogen-bond acceptors (Lipinski definition) is 1. The third-order valence-corrected chi connectivity index (χ3v) is 3.68. The van der Waals surface area contributed by atoms with Crippen LogP contribution in [0.4, 0.5) is 0 Å². The highest BCUT2D eigenvalue weighted by Crippen LogP contribution is 2.33. The molecule has 0 amide bonds. The predicted octanol–water partition coefficient (Wildman–Crippen LogP) is 5.13. The van der Waals surface area contributed by atoms with Crippen LogP contribution in [0.15, 0.2) is 48.5 Å². The minimum atomic E-state index is 0.0831. The topological polar surface area (TPSA) is 14.2 Å². The summed E-state index contributed by atoms with van der Waals surface area (Å²) in [5, 5.41) is 2.60. The second kappa shape index (κ2) is 5.29. The third-order valence-electron chi connectivity index (χ3n) is 3.68. The summed E-state index contributed by atoms with van der Waals surface area (Å²) in [4.78, 5) is 0. The van der Waals surface area contributed by atoms with Crippen molar-refractivity contribution in [2.45, 2.75) is 39.5 Å². The van der Waals surface area contributed by atoms with Crippen LogP contribution in [0.2, 0.25) is 0 Å². The highest BCUT2D eigenvalue weighted by Gasteiger charge is 2.17. The lowest BCUT2D eigenvalue weighted by molar-refractivity contribution is -0.0342. The largest absolute Gasteiger partial charge is 0.355 e. The average Bonchev–Trinajstić information content (AvgIpc) is 2.79. The van der Waals surface area contributed by atoms with Crippen molar-refractivity contribution in [3.05, 3.63) is 48.5 Å². The normalized spacial score (nSPS) is 13.4. The van der Waals surface area contributed by atoms with Crippen LogP contribution in [0.1, 0.15) is 33.4 Å². The van der Waals surface area contributed by atoms with Gasteiger partial charge in [0, 0.05) is 10.8 Å². The fourth-order valence-corrected chi connectivity index (χ4v) is 2.92. The quantitative estimate of drug-likeness (QED) is 0.639. The van der Waals surface area contributed by atoms with Gasteiger partial charge in [0.15, 0.2) is 0 Å². The molecule has 3 rings (SSSR count). The number of fused-ring (bicyclic) bond motifs is 3. The van der Waals surface area contributed by atoms with E-state index in [0.29, 0.717) is 0 Å². The molecule has 0 bridgehead atoms. The molecule has 2 heteroatoms. The number of hydrogen-bond donors (Lipinski definition) is 0. The minimum absolute atomic E-state index is 0.0831. The Morgan fingerprint density at radius 2 is 1.40 bits per heavy atom. The Hall–Kier alpha value is -1.80. The van der Waals surface area contributed by atoms with Crippen LogP contribution < -0.4 is 0 Å². The third kappa shape index (κ3) is 2.10. The number of rotatable bonds is 4. The maximum atomic E-state index is 6.12. The van der Waals surface area contributed by atoms with E-state index in [4.69, 9.17) is 4.74 Å². The van der Waals surface area contributed by atoms with Gasteiger partial charge >= 0.3 is 0 Å².